The molecule has 8 nitrogen and oxygen atoms in total. The van der Waals surface area contributed by atoms with Gasteiger partial charge in [-0.05, 0) is 50.1 Å². The molecular formula is C20H19N3O5S. The van der Waals surface area contributed by atoms with Crippen LogP contribution in [0.25, 0.3) is 0 Å². The molecule has 0 spiro atoms. The van der Waals surface area contributed by atoms with Gasteiger partial charge in [-0.2, -0.15) is 5.26 Å². The quantitative estimate of drug-likeness (QED) is 0.603. The number of ketones is 1. The second-order valence-corrected chi connectivity index (χ2v) is 9.17. The lowest BCUT2D eigenvalue weighted by molar-refractivity contribution is 0.101. The smallest absolute Gasteiger partial charge is 0.271 e. The molecule has 29 heavy (non-hydrogen) atoms. The fourth-order valence-electron chi connectivity index (χ4n) is 3.33. The highest BCUT2D eigenvalue weighted by atomic mass is 32.2. The molecule has 0 saturated carbocycles. The second kappa shape index (κ2) is 7.64. The maximum Gasteiger partial charge on any atom is 0.271 e. The minimum Gasteiger partial charge on any atom is -0.494 e. The fourth-order valence-corrected chi connectivity index (χ4v) is 5.03. The Kier molecular flexibility index (Phi) is 5.40. The Hall–Kier alpha value is -3.25. The molecule has 0 aliphatic carbocycles. The molecule has 3 rings (SSSR count). The highest BCUT2D eigenvalue weighted by Crippen LogP contribution is 2.29. The molecule has 1 aromatic heterocycles. The SMILES string of the molecule is CC(=O)c1ccc(N=Cc2c(C)c(C#N)c(=O)n([C@H]3CCS(=O)(=O)C3)c2O)cc1. The van der Waals surface area contributed by atoms with Crippen LogP contribution in [0.1, 0.15) is 46.4 Å². The molecule has 2 aromatic rings. The van der Waals surface area contributed by atoms with Crippen molar-refractivity contribution in [2.75, 3.05) is 11.5 Å². The van der Waals surface area contributed by atoms with E-state index in [1.54, 1.807) is 24.3 Å². The van der Waals surface area contributed by atoms with E-state index in [0.717, 1.165) is 4.57 Å². The number of hydrogen-bond donors (Lipinski definition) is 1. The first-order chi connectivity index (χ1) is 13.6. The monoisotopic (exact) mass is 413 g/mol. The number of carbonyl (C=O) groups is 1. The number of nitriles is 1. The number of aromatic hydroxyl groups is 1. The number of pyridine rings is 1. The van der Waals surface area contributed by atoms with E-state index in [1.165, 1.54) is 20.1 Å². The molecule has 0 radical (unpaired) electrons. The van der Waals surface area contributed by atoms with Gasteiger partial charge in [-0.25, -0.2) is 8.42 Å². The summed E-state index contributed by atoms with van der Waals surface area (Å²) in [6, 6.07) is 7.60. The van der Waals surface area contributed by atoms with Gasteiger partial charge in [-0.15, -0.1) is 0 Å². The molecule has 2 heterocycles. The van der Waals surface area contributed by atoms with Crippen LogP contribution in [0.3, 0.4) is 0 Å². The van der Waals surface area contributed by atoms with Gasteiger partial charge in [0.2, 0.25) is 5.88 Å². The van der Waals surface area contributed by atoms with Gasteiger partial charge in [-0.3, -0.25) is 19.1 Å². The number of sulfone groups is 1. The van der Waals surface area contributed by atoms with Crippen molar-refractivity contribution < 1.29 is 18.3 Å². The normalized spacial score (nSPS) is 18.0. The molecule has 1 saturated heterocycles. The second-order valence-electron chi connectivity index (χ2n) is 6.94. The Bertz CT molecular complexity index is 1220. The topological polar surface area (TPSA) is 130 Å². The van der Waals surface area contributed by atoms with E-state index in [1.807, 2.05) is 6.07 Å². The van der Waals surface area contributed by atoms with Gasteiger partial charge in [0.05, 0.1) is 28.8 Å². The van der Waals surface area contributed by atoms with Crippen molar-refractivity contribution in [3.63, 3.8) is 0 Å². The number of hydrogen-bond acceptors (Lipinski definition) is 7. The first-order valence-electron chi connectivity index (χ1n) is 8.88. The Morgan fingerprint density at radius 3 is 2.52 bits per heavy atom. The number of aliphatic imine (C=N–C) groups is 1. The summed E-state index contributed by atoms with van der Waals surface area (Å²) in [7, 11) is -3.30. The van der Waals surface area contributed by atoms with Crippen LogP contribution < -0.4 is 5.56 Å². The van der Waals surface area contributed by atoms with Crippen molar-refractivity contribution in [2.24, 2.45) is 4.99 Å². The summed E-state index contributed by atoms with van der Waals surface area (Å²) >= 11 is 0. The van der Waals surface area contributed by atoms with Gasteiger partial charge in [0.1, 0.15) is 11.6 Å². The number of rotatable bonds is 4. The number of nitrogens with zero attached hydrogens (tertiary/aromatic N) is 3. The predicted molar refractivity (Wildman–Crippen MR) is 108 cm³/mol. The summed E-state index contributed by atoms with van der Waals surface area (Å²) in [6.45, 7) is 2.98. The summed E-state index contributed by atoms with van der Waals surface area (Å²) in [6.07, 6.45) is 1.51. The van der Waals surface area contributed by atoms with Crippen molar-refractivity contribution >= 4 is 27.5 Å². The number of aromatic nitrogens is 1. The number of Topliss-reactive ketones (excluding diaryl/α,β-unsaturated/α-hetero) is 1. The average molecular weight is 413 g/mol. The summed E-state index contributed by atoms with van der Waals surface area (Å²) in [5.74, 6) is -0.841. The third kappa shape index (κ3) is 3.98. The molecule has 1 fully saturated rings. The Morgan fingerprint density at radius 2 is 2.00 bits per heavy atom. The van der Waals surface area contributed by atoms with E-state index >= 15 is 0 Å². The Labute approximate surface area is 167 Å². The minimum atomic E-state index is -3.30. The third-order valence-corrected chi connectivity index (χ3v) is 6.73. The van der Waals surface area contributed by atoms with Gasteiger partial charge in [0, 0.05) is 11.8 Å². The molecule has 1 aliphatic heterocycles. The van der Waals surface area contributed by atoms with Crippen LogP contribution >= 0.6 is 0 Å². The van der Waals surface area contributed by atoms with Crippen LogP contribution in [0.15, 0.2) is 34.1 Å². The lowest BCUT2D eigenvalue weighted by Gasteiger charge is -2.18. The summed E-state index contributed by atoms with van der Waals surface area (Å²) in [5, 5.41) is 20.1. The van der Waals surface area contributed by atoms with Crippen molar-refractivity contribution in [3.8, 4) is 11.9 Å². The van der Waals surface area contributed by atoms with Gasteiger partial charge in [-0.1, -0.05) is 0 Å². The van der Waals surface area contributed by atoms with Crippen LogP contribution in [0, 0.1) is 18.3 Å². The molecule has 1 aliphatic rings. The van der Waals surface area contributed by atoms with E-state index in [-0.39, 0.29) is 40.4 Å². The van der Waals surface area contributed by atoms with Crippen LogP contribution in [-0.4, -0.2) is 41.6 Å². The maximum absolute atomic E-state index is 12.7. The predicted octanol–water partition coefficient (Wildman–Crippen LogP) is 2.05. The standard InChI is InChI=1S/C20H19N3O5S/c1-12-17(9-21)19(25)23(16-7-8-29(27,28)11-16)20(26)18(12)10-22-15-5-3-14(4-6-15)13(2)24/h3-6,10,16,26H,7-8,11H2,1-2H3/t16-/m0/s1. The molecule has 0 unspecified atom stereocenters. The van der Waals surface area contributed by atoms with Gasteiger partial charge in [0.15, 0.2) is 15.6 Å². The van der Waals surface area contributed by atoms with Crippen molar-refractivity contribution in [3.05, 3.63) is 56.9 Å². The zero-order chi connectivity index (χ0) is 21.3. The Balaban J connectivity index is 2.09. The first kappa shape index (κ1) is 20.5. The van der Waals surface area contributed by atoms with E-state index < -0.39 is 27.3 Å². The highest BCUT2D eigenvalue weighted by Gasteiger charge is 2.33. The number of carbonyl (C=O) groups excluding carboxylic acids is 1. The largest absolute Gasteiger partial charge is 0.494 e. The fraction of sp³-hybridized carbons (Fsp3) is 0.300. The molecular weight excluding hydrogens is 394 g/mol. The van der Waals surface area contributed by atoms with Crippen molar-refractivity contribution in [1.82, 2.24) is 4.57 Å². The van der Waals surface area contributed by atoms with E-state index in [4.69, 9.17) is 0 Å². The molecule has 1 N–H and O–H groups in total. The first-order valence-corrected chi connectivity index (χ1v) is 10.7. The average Bonchev–Trinajstić information content (AvgIpc) is 3.01. The van der Waals surface area contributed by atoms with Gasteiger partial charge >= 0.3 is 0 Å². The van der Waals surface area contributed by atoms with Crippen LogP contribution in [0.4, 0.5) is 5.69 Å². The molecule has 1 atom stereocenters. The van der Waals surface area contributed by atoms with Gasteiger partial charge in [0.25, 0.3) is 5.56 Å². The Morgan fingerprint density at radius 1 is 1.34 bits per heavy atom. The van der Waals surface area contributed by atoms with E-state index in [2.05, 4.69) is 4.99 Å². The minimum absolute atomic E-state index is 0.0775. The molecule has 0 amide bonds. The molecule has 0 bridgehead atoms. The lowest BCUT2D eigenvalue weighted by Crippen LogP contribution is -2.29. The van der Waals surface area contributed by atoms with Crippen molar-refractivity contribution in [1.29, 1.82) is 5.26 Å². The van der Waals surface area contributed by atoms with Crippen molar-refractivity contribution in [2.45, 2.75) is 26.3 Å². The van der Waals surface area contributed by atoms with Gasteiger partial charge < -0.3 is 5.11 Å². The molecule has 150 valence electrons. The molecule has 9 heteroatoms. The molecule has 1 aromatic carbocycles. The maximum atomic E-state index is 12.7. The van der Waals surface area contributed by atoms with E-state index in [0.29, 0.717) is 11.3 Å². The summed E-state index contributed by atoms with van der Waals surface area (Å²) in [4.78, 5) is 28.3. The zero-order valence-corrected chi connectivity index (χ0v) is 16.7. The summed E-state index contributed by atoms with van der Waals surface area (Å²) < 4.78 is 24.6. The van der Waals surface area contributed by atoms with Crippen LogP contribution in [0.5, 0.6) is 5.88 Å². The van der Waals surface area contributed by atoms with Crippen LogP contribution in [-0.2, 0) is 9.84 Å². The van der Waals surface area contributed by atoms with E-state index in [9.17, 15) is 28.4 Å². The van der Waals surface area contributed by atoms with Crippen LogP contribution in [0.2, 0.25) is 0 Å². The summed E-state index contributed by atoms with van der Waals surface area (Å²) in [5.41, 5.74) is 0.588. The zero-order valence-electron chi connectivity index (χ0n) is 15.9. The highest BCUT2D eigenvalue weighted by molar-refractivity contribution is 7.91. The third-order valence-electron chi connectivity index (χ3n) is 4.98. The lowest BCUT2D eigenvalue weighted by atomic mass is 10.0. The number of benzene rings is 1.